The van der Waals surface area contributed by atoms with E-state index in [0.29, 0.717) is 12.6 Å². The molecule has 2 unspecified atom stereocenters. The minimum Gasteiger partial charge on any atom is -0.785 e. The van der Waals surface area contributed by atoms with E-state index in [1.54, 1.807) is 0 Å². The van der Waals surface area contributed by atoms with Crippen LogP contribution in [0.2, 0.25) is 0 Å². The molecular weight excluding hydrogens is 140 g/mol. The fraction of sp³-hybridized carbons (Fsp3) is 1.00. The van der Waals surface area contributed by atoms with Gasteiger partial charge in [-0.2, -0.15) is 0 Å². The summed E-state index contributed by atoms with van der Waals surface area (Å²) in [6.07, 6.45) is 4.83. The maximum Gasteiger partial charge on any atom is 0.0215 e. The van der Waals surface area contributed by atoms with Crippen LogP contribution in [0.4, 0.5) is 0 Å². The van der Waals surface area contributed by atoms with E-state index in [-0.39, 0.29) is 6.04 Å². The topological polar surface area (TPSA) is 38.3 Å². The molecule has 1 aliphatic carbocycles. The minimum atomic E-state index is 0.289. The molecule has 0 aromatic rings. The first-order valence-corrected chi connectivity index (χ1v) is 4.55. The van der Waals surface area contributed by atoms with Gasteiger partial charge in [-0.15, -0.1) is 0 Å². The molecule has 0 amide bonds. The Bertz CT molecular complexity index is 138. The molecule has 2 fully saturated rings. The molecular formula is C8H15N2O-. The lowest BCUT2D eigenvalue weighted by molar-refractivity contribution is 0.133. The fourth-order valence-corrected chi connectivity index (χ4v) is 2.22. The van der Waals surface area contributed by atoms with Gasteiger partial charge < -0.3 is 15.6 Å². The molecule has 1 N–H and O–H groups in total. The molecule has 2 rings (SSSR count). The smallest absolute Gasteiger partial charge is 0.0215 e. The van der Waals surface area contributed by atoms with E-state index in [0.717, 1.165) is 13.0 Å². The molecule has 0 radical (unpaired) electrons. The van der Waals surface area contributed by atoms with Gasteiger partial charge >= 0.3 is 0 Å². The summed E-state index contributed by atoms with van der Waals surface area (Å²) in [5.74, 6) is 0. The average molecular weight is 155 g/mol. The van der Waals surface area contributed by atoms with Crippen LogP contribution in [0.5, 0.6) is 0 Å². The zero-order chi connectivity index (χ0) is 7.68. The first-order chi connectivity index (χ1) is 5.38. The lowest BCUT2D eigenvalue weighted by Crippen LogP contribution is -2.56. The summed E-state index contributed by atoms with van der Waals surface area (Å²) in [5, 5.41) is 16.0. The van der Waals surface area contributed by atoms with Gasteiger partial charge in [0, 0.05) is 18.6 Å². The first kappa shape index (κ1) is 7.53. The number of hydroxylamine groups is 2. The van der Waals surface area contributed by atoms with Gasteiger partial charge in [0.25, 0.3) is 0 Å². The van der Waals surface area contributed by atoms with Crippen molar-refractivity contribution >= 4 is 0 Å². The number of hydrogen-bond acceptors (Lipinski definition) is 3. The second-order valence-electron chi connectivity index (χ2n) is 3.55. The monoisotopic (exact) mass is 155 g/mol. The molecule has 1 heterocycles. The van der Waals surface area contributed by atoms with Gasteiger partial charge in [0.2, 0.25) is 0 Å². The number of hydrogen-bond donors (Lipinski definition) is 1. The number of fused-ring (bicyclic) bond motifs is 1. The Labute approximate surface area is 67.3 Å². The van der Waals surface area contributed by atoms with Crippen LogP contribution in [-0.2, 0) is 0 Å². The van der Waals surface area contributed by atoms with E-state index in [9.17, 15) is 5.21 Å². The Hall–Kier alpha value is -0.120. The number of rotatable bonds is 0. The highest BCUT2D eigenvalue weighted by Crippen LogP contribution is 2.24. The maximum absolute atomic E-state index is 11.3. The van der Waals surface area contributed by atoms with Crippen LogP contribution in [0.1, 0.15) is 25.7 Å². The number of nitrogens with one attached hydrogen (secondary N) is 1. The standard InChI is InChI=1S/C8H15N2O/c11-10-6-5-9-7-3-1-2-4-8(7)10/h7-9H,1-6H2/q-1. The van der Waals surface area contributed by atoms with Crippen LogP contribution in [0.3, 0.4) is 0 Å². The third-order valence-corrected chi connectivity index (χ3v) is 2.84. The molecule has 2 atom stereocenters. The largest absolute Gasteiger partial charge is 0.785 e. The van der Waals surface area contributed by atoms with Crippen LogP contribution in [0, 0.1) is 5.21 Å². The van der Waals surface area contributed by atoms with Crippen molar-refractivity contribution in [2.75, 3.05) is 13.1 Å². The third kappa shape index (κ3) is 1.41. The van der Waals surface area contributed by atoms with Gasteiger partial charge in [-0.25, -0.2) is 0 Å². The lowest BCUT2D eigenvalue weighted by atomic mass is 9.89. The van der Waals surface area contributed by atoms with Gasteiger partial charge in [0.05, 0.1) is 0 Å². The van der Waals surface area contributed by atoms with Crippen molar-refractivity contribution in [2.24, 2.45) is 0 Å². The summed E-state index contributed by atoms with van der Waals surface area (Å²) in [6.45, 7) is 1.56. The van der Waals surface area contributed by atoms with Crippen molar-refractivity contribution in [3.8, 4) is 0 Å². The predicted octanol–water partition coefficient (Wildman–Crippen LogP) is 0.701. The highest BCUT2D eigenvalue weighted by Gasteiger charge is 2.28. The van der Waals surface area contributed by atoms with Crippen LogP contribution >= 0.6 is 0 Å². The van der Waals surface area contributed by atoms with Crippen LogP contribution in [0.15, 0.2) is 0 Å². The summed E-state index contributed by atoms with van der Waals surface area (Å²) in [5.41, 5.74) is 0. The van der Waals surface area contributed by atoms with Gasteiger partial charge in [-0.1, -0.05) is 12.8 Å². The van der Waals surface area contributed by atoms with Crippen molar-refractivity contribution < 1.29 is 0 Å². The minimum absolute atomic E-state index is 0.289. The summed E-state index contributed by atoms with van der Waals surface area (Å²) >= 11 is 0. The van der Waals surface area contributed by atoms with Crippen LogP contribution in [0.25, 0.3) is 0 Å². The zero-order valence-electron chi connectivity index (χ0n) is 6.75. The molecule has 0 aromatic carbocycles. The van der Waals surface area contributed by atoms with E-state index in [1.807, 2.05) is 0 Å². The molecule has 2 aliphatic rings. The number of nitrogens with zero attached hydrogens (tertiary/aromatic N) is 1. The molecule has 1 aliphatic heterocycles. The summed E-state index contributed by atoms with van der Waals surface area (Å²) < 4.78 is 0. The van der Waals surface area contributed by atoms with Gasteiger partial charge in [-0.3, -0.25) is 0 Å². The van der Waals surface area contributed by atoms with E-state index in [1.165, 1.54) is 24.3 Å². The van der Waals surface area contributed by atoms with Crippen LogP contribution in [-0.4, -0.2) is 30.2 Å². The van der Waals surface area contributed by atoms with E-state index < -0.39 is 0 Å². The van der Waals surface area contributed by atoms with E-state index in [2.05, 4.69) is 5.32 Å². The molecule has 3 heteroatoms. The molecule has 0 bridgehead atoms. The molecule has 1 saturated heterocycles. The van der Waals surface area contributed by atoms with Gasteiger partial charge in [0.15, 0.2) is 0 Å². The second kappa shape index (κ2) is 3.09. The fourth-order valence-electron chi connectivity index (χ4n) is 2.22. The van der Waals surface area contributed by atoms with Crippen molar-refractivity contribution in [1.82, 2.24) is 10.4 Å². The Morgan fingerprint density at radius 3 is 2.91 bits per heavy atom. The molecule has 0 aromatic heterocycles. The van der Waals surface area contributed by atoms with Crippen molar-refractivity contribution in [3.63, 3.8) is 0 Å². The molecule has 0 spiro atoms. The number of piperazine rings is 1. The molecule has 3 nitrogen and oxygen atoms in total. The second-order valence-corrected chi connectivity index (χ2v) is 3.55. The highest BCUT2D eigenvalue weighted by atomic mass is 16.5. The average Bonchev–Trinajstić information content (AvgIpc) is 2.06. The van der Waals surface area contributed by atoms with Crippen molar-refractivity contribution in [1.29, 1.82) is 0 Å². The summed E-state index contributed by atoms with van der Waals surface area (Å²) in [7, 11) is 0. The molecule has 1 saturated carbocycles. The first-order valence-electron chi connectivity index (χ1n) is 4.55. The zero-order valence-corrected chi connectivity index (χ0v) is 6.75. The Kier molecular flexibility index (Phi) is 2.11. The maximum atomic E-state index is 11.3. The van der Waals surface area contributed by atoms with Crippen molar-refractivity contribution in [2.45, 2.75) is 37.8 Å². The quantitative estimate of drug-likeness (QED) is 0.559. The SMILES string of the molecule is [O-]N1CCNC2CCCCC21. The molecule has 11 heavy (non-hydrogen) atoms. The van der Waals surface area contributed by atoms with E-state index >= 15 is 0 Å². The Morgan fingerprint density at radius 1 is 1.27 bits per heavy atom. The van der Waals surface area contributed by atoms with E-state index in [4.69, 9.17) is 0 Å². The summed E-state index contributed by atoms with van der Waals surface area (Å²) in [6, 6.07) is 0.785. The Balaban J connectivity index is 1.99. The molecule has 64 valence electrons. The van der Waals surface area contributed by atoms with Crippen LogP contribution < -0.4 is 5.32 Å². The predicted molar refractivity (Wildman–Crippen MR) is 44.1 cm³/mol. The van der Waals surface area contributed by atoms with Gasteiger partial charge in [-0.05, 0) is 19.4 Å². The normalized spacial score (nSPS) is 40.1. The van der Waals surface area contributed by atoms with Gasteiger partial charge in [0.1, 0.15) is 0 Å². The Morgan fingerprint density at radius 2 is 2.09 bits per heavy atom. The summed E-state index contributed by atoms with van der Waals surface area (Å²) in [4.78, 5) is 0. The highest BCUT2D eigenvalue weighted by molar-refractivity contribution is 4.92. The van der Waals surface area contributed by atoms with Crippen molar-refractivity contribution in [3.05, 3.63) is 5.21 Å². The lowest BCUT2D eigenvalue weighted by Gasteiger charge is -2.48. The third-order valence-electron chi connectivity index (χ3n) is 2.84.